The summed E-state index contributed by atoms with van der Waals surface area (Å²) in [6.07, 6.45) is 0. The third-order valence-electron chi connectivity index (χ3n) is 3.95. The van der Waals surface area contributed by atoms with Gasteiger partial charge in [-0.3, -0.25) is 0 Å². The average Bonchev–Trinajstić information content (AvgIpc) is 2.60. The number of hydrogen-bond acceptors (Lipinski definition) is 9. The first-order chi connectivity index (χ1) is 11.5. The van der Waals surface area contributed by atoms with Crippen molar-refractivity contribution >= 4 is 50.9 Å². The van der Waals surface area contributed by atoms with Crippen molar-refractivity contribution in [3.05, 3.63) is 12.1 Å². The van der Waals surface area contributed by atoms with Gasteiger partial charge in [-0.15, -0.1) is 0 Å². The van der Waals surface area contributed by atoms with E-state index in [4.69, 9.17) is 15.2 Å². The van der Waals surface area contributed by atoms with Crippen LogP contribution in [0.5, 0.6) is 11.5 Å². The Morgan fingerprint density at radius 1 is 1.04 bits per heavy atom. The van der Waals surface area contributed by atoms with Gasteiger partial charge in [0.1, 0.15) is 5.82 Å². The summed E-state index contributed by atoms with van der Waals surface area (Å²) in [5.74, 6) is 1.93. The zero-order chi connectivity index (χ0) is 17.3. The smallest absolute Gasteiger partial charge is 0.493 e. The van der Waals surface area contributed by atoms with E-state index in [1.165, 1.54) is 4.31 Å². The molecule has 1 aliphatic rings. The molecule has 25 heavy (non-hydrogen) atoms. The summed E-state index contributed by atoms with van der Waals surface area (Å²) in [6.45, 7) is 1.80. The monoisotopic (exact) mass is 379 g/mol. The molecule has 2 aromatic rings. The van der Waals surface area contributed by atoms with Gasteiger partial charge >= 0.3 is 17.4 Å². The van der Waals surface area contributed by atoms with Gasteiger partial charge in [-0.2, -0.15) is 4.98 Å². The molecule has 0 amide bonds. The number of methoxy groups -OCH3 is 2. The molecule has 0 bridgehead atoms. The minimum absolute atomic E-state index is 0. The van der Waals surface area contributed by atoms with Crippen LogP contribution in [0.2, 0.25) is 0 Å². The van der Waals surface area contributed by atoms with Gasteiger partial charge in [0.05, 0.1) is 19.7 Å². The molecule has 2 heterocycles. The second kappa shape index (κ2) is 8.05. The van der Waals surface area contributed by atoms with Crippen LogP contribution in [0.25, 0.3) is 10.9 Å². The zero-order valence-corrected chi connectivity index (χ0v) is 15.9. The Morgan fingerprint density at radius 3 is 2.20 bits per heavy atom. The van der Waals surface area contributed by atoms with E-state index in [0.717, 1.165) is 0 Å². The number of fused-ring (bicyclic) bond motifs is 1. The SMILES string of the molecule is COc1cc2nc(N3CCN([S-](=O)=O)CC3)nc(N)c2cc1OC.[Al+]. The van der Waals surface area contributed by atoms with E-state index in [9.17, 15) is 8.42 Å². The number of benzene rings is 1. The molecule has 1 aliphatic heterocycles. The molecule has 1 fully saturated rings. The Bertz CT molecular complexity index is 832. The standard InChI is InChI=1S/C14H18N5O4S.Al/c1-22-11-7-9-10(8-12(11)23-2)16-14(17-13(9)15)18-3-5-19(6-4-18)24(20)21;/h7-8H,3-6H2,1-2H3,(H2,15,16,17);/q-1;+1. The van der Waals surface area contributed by atoms with Crippen LogP contribution in [0.15, 0.2) is 12.1 Å². The molecule has 1 saturated heterocycles. The number of piperazine rings is 1. The summed E-state index contributed by atoms with van der Waals surface area (Å²) in [5, 5.41) is 0.677. The van der Waals surface area contributed by atoms with Crippen LogP contribution >= 0.6 is 0 Å². The van der Waals surface area contributed by atoms with E-state index in [-0.39, 0.29) is 17.4 Å². The second-order valence-corrected chi connectivity index (χ2v) is 6.22. The summed E-state index contributed by atoms with van der Waals surface area (Å²) in [5.41, 5.74) is 6.71. The van der Waals surface area contributed by atoms with Crippen molar-refractivity contribution in [1.29, 1.82) is 0 Å². The number of rotatable bonds is 4. The maximum atomic E-state index is 11.0. The van der Waals surface area contributed by atoms with Crippen molar-refractivity contribution in [2.24, 2.45) is 0 Å². The molecule has 0 spiro atoms. The third-order valence-corrected chi connectivity index (χ3v) is 4.74. The number of hydrogen-bond donors (Lipinski definition) is 1. The van der Waals surface area contributed by atoms with Gasteiger partial charge < -0.3 is 32.8 Å². The molecule has 1 aromatic heterocycles. The molecule has 132 valence electrons. The van der Waals surface area contributed by atoms with Gasteiger partial charge in [-0.1, -0.05) is 0 Å². The maximum absolute atomic E-state index is 11.0. The van der Waals surface area contributed by atoms with E-state index in [1.54, 1.807) is 26.4 Å². The van der Waals surface area contributed by atoms with Crippen LogP contribution in [-0.4, -0.2) is 72.0 Å². The summed E-state index contributed by atoms with van der Waals surface area (Å²) in [6, 6.07) is 3.49. The van der Waals surface area contributed by atoms with Crippen LogP contribution in [-0.2, 0) is 19.3 Å². The van der Waals surface area contributed by atoms with Gasteiger partial charge in [-0.25, -0.2) is 4.98 Å². The topological polar surface area (TPSA) is 111 Å². The predicted molar refractivity (Wildman–Crippen MR) is 95.3 cm³/mol. The van der Waals surface area contributed by atoms with Crippen LogP contribution < -0.4 is 20.1 Å². The van der Waals surface area contributed by atoms with Gasteiger partial charge in [-0.05, 0) is 17.0 Å². The Hall–Kier alpha value is -1.80. The largest absolute Gasteiger partial charge is 1.00 e. The molecule has 11 heteroatoms. The third kappa shape index (κ3) is 3.90. The Kier molecular flexibility index (Phi) is 6.29. The Morgan fingerprint density at radius 2 is 1.64 bits per heavy atom. The van der Waals surface area contributed by atoms with E-state index in [2.05, 4.69) is 9.97 Å². The van der Waals surface area contributed by atoms with Gasteiger partial charge in [0.25, 0.3) is 0 Å². The fourth-order valence-electron chi connectivity index (χ4n) is 2.65. The molecule has 0 aliphatic carbocycles. The first-order valence-electron chi connectivity index (χ1n) is 7.32. The quantitative estimate of drug-likeness (QED) is 0.592. The first kappa shape index (κ1) is 19.5. The molecule has 1 aromatic carbocycles. The van der Waals surface area contributed by atoms with Crippen molar-refractivity contribution in [3.8, 4) is 11.5 Å². The van der Waals surface area contributed by atoms with Gasteiger partial charge in [0, 0.05) is 37.6 Å². The summed E-state index contributed by atoms with van der Waals surface area (Å²) in [7, 11) is 0.906. The van der Waals surface area contributed by atoms with Crippen molar-refractivity contribution in [1.82, 2.24) is 14.3 Å². The van der Waals surface area contributed by atoms with Gasteiger partial charge in [0.15, 0.2) is 11.5 Å². The first-order valence-corrected chi connectivity index (χ1v) is 8.35. The molecule has 0 atom stereocenters. The van der Waals surface area contributed by atoms with Crippen molar-refractivity contribution in [2.45, 2.75) is 0 Å². The minimum atomic E-state index is -2.20. The zero-order valence-electron chi connectivity index (χ0n) is 14.0. The number of nitrogen functional groups attached to an aromatic ring is 1. The van der Waals surface area contributed by atoms with E-state index < -0.39 is 10.9 Å². The van der Waals surface area contributed by atoms with E-state index >= 15 is 0 Å². The Labute approximate surface area is 157 Å². The molecule has 2 radical (unpaired) electrons. The Balaban J connectivity index is 0.00000225. The van der Waals surface area contributed by atoms with Crippen molar-refractivity contribution in [3.63, 3.8) is 0 Å². The number of aromatic nitrogens is 2. The molecule has 3 rings (SSSR count). The van der Waals surface area contributed by atoms with Crippen LogP contribution in [0.4, 0.5) is 11.8 Å². The van der Waals surface area contributed by atoms with Crippen molar-refractivity contribution in [2.75, 3.05) is 51.0 Å². The second-order valence-electron chi connectivity index (χ2n) is 5.27. The van der Waals surface area contributed by atoms with Crippen molar-refractivity contribution < 1.29 is 17.9 Å². The van der Waals surface area contributed by atoms with E-state index in [0.29, 0.717) is 60.3 Å². The molecular weight excluding hydrogens is 361 g/mol. The molecule has 9 nitrogen and oxygen atoms in total. The molecule has 0 saturated carbocycles. The number of ether oxygens (including phenoxy) is 2. The fraction of sp³-hybridized carbons (Fsp3) is 0.429. The van der Waals surface area contributed by atoms with Crippen LogP contribution in [0.3, 0.4) is 0 Å². The predicted octanol–water partition coefficient (Wildman–Crippen LogP) is 0.195. The fourth-order valence-corrected chi connectivity index (χ4v) is 3.11. The number of nitrogens with zero attached hydrogens (tertiary/aromatic N) is 4. The normalized spacial score (nSPS) is 15.2. The summed E-state index contributed by atoms with van der Waals surface area (Å²) in [4.78, 5) is 10.8. The minimum Gasteiger partial charge on any atom is -0.493 e. The average molecular weight is 379 g/mol. The van der Waals surface area contributed by atoms with Crippen LogP contribution in [0.1, 0.15) is 0 Å². The molecular formula is C14H18AlN5O4S. The number of anilines is 2. The summed E-state index contributed by atoms with van der Waals surface area (Å²) < 4.78 is 33.9. The molecule has 0 unspecified atom stereocenters. The van der Waals surface area contributed by atoms with E-state index in [1.807, 2.05) is 4.90 Å². The van der Waals surface area contributed by atoms with Crippen LogP contribution in [0, 0.1) is 0 Å². The number of nitrogens with two attached hydrogens (primary N) is 1. The maximum Gasteiger partial charge on any atom is 1.00 e. The van der Waals surface area contributed by atoms with Gasteiger partial charge in [0.2, 0.25) is 5.95 Å². The summed E-state index contributed by atoms with van der Waals surface area (Å²) >= 11 is 0. The molecule has 2 N–H and O–H groups in total.